The molecule has 26 heavy (non-hydrogen) atoms. The van der Waals surface area contributed by atoms with Gasteiger partial charge in [-0.1, -0.05) is 18.2 Å². The van der Waals surface area contributed by atoms with E-state index in [1.165, 1.54) is 16.0 Å². The summed E-state index contributed by atoms with van der Waals surface area (Å²) in [4.78, 5) is 13.0. The Hall–Kier alpha value is -2.53. The van der Waals surface area contributed by atoms with E-state index in [1.807, 2.05) is 37.4 Å². The Labute approximate surface area is 155 Å². The number of benzene rings is 2. The topological polar surface area (TPSA) is 50.8 Å². The van der Waals surface area contributed by atoms with Crippen LogP contribution in [0.5, 0.6) is 11.5 Å². The second-order valence-electron chi connectivity index (χ2n) is 6.56. The van der Waals surface area contributed by atoms with Crippen molar-refractivity contribution in [1.29, 1.82) is 0 Å². The molecule has 0 bridgehead atoms. The quantitative estimate of drug-likeness (QED) is 0.812. The average molecular weight is 356 g/mol. The van der Waals surface area contributed by atoms with Crippen molar-refractivity contribution in [2.45, 2.75) is 26.3 Å². The van der Waals surface area contributed by atoms with Crippen molar-refractivity contribution in [3.63, 3.8) is 0 Å². The summed E-state index contributed by atoms with van der Waals surface area (Å²) in [6.45, 7) is 4.80. The molecular weight excluding hydrogens is 328 g/mol. The van der Waals surface area contributed by atoms with Gasteiger partial charge >= 0.3 is 6.09 Å². The van der Waals surface area contributed by atoms with Crippen LogP contribution in [0.25, 0.3) is 0 Å². The first-order valence-corrected chi connectivity index (χ1v) is 8.77. The van der Waals surface area contributed by atoms with E-state index in [-0.39, 0.29) is 12.1 Å². The third-order valence-corrected chi connectivity index (χ3v) is 4.35. The van der Waals surface area contributed by atoms with Crippen LogP contribution >= 0.6 is 0 Å². The maximum absolute atomic E-state index is 11.6. The molecule has 0 fully saturated rings. The van der Waals surface area contributed by atoms with Gasteiger partial charge in [0, 0.05) is 26.6 Å². The number of ether oxygens (including phenoxy) is 2. The summed E-state index contributed by atoms with van der Waals surface area (Å²) < 4.78 is 11.1. The molecule has 0 saturated carbocycles. The number of aryl methyl sites for hydroxylation is 2. The van der Waals surface area contributed by atoms with Gasteiger partial charge in [0.15, 0.2) is 0 Å². The lowest BCUT2D eigenvalue weighted by Crippen LogP contribution is -2.25. The number of hydrogen-bond acceptors (Lipinski definition) is 4. The van der Waals surface area contributed by atoms with Crippen molar-refractivity contribution < 1.29 is 14.3 Å². The molecule has 1 atom stereocenters. The normalized spacial score (nSPS) is 11.7. The third kappa shape index (κ3) is 5.49. The fourth-order valence-electron chi connectivity index (χ4n) is 2.54. The maximum Gasteiger partial charge on any atom is 0.414 e. The summed E-state index contributed by atoms with van der Waals surface area (Å²) in [6.07, 6.45) is 0.449. The molecule has 1 N–H and O–H groups in total. The van der Waals surface area contributed by atoms with Crippen molar-refractivity contribution in [1.82, 2.24) is 10.2 Å². The third-order valence-electron chi connectivity index (χ3n) is 4.35. The van der Waals surface area contributed by atoms with E-state index in [9.17, 15) is 4.79 Å². The fraction of sp³-hybridized carbons (Fsp3) is 0.381. The Bertz CT molecular complexity index is 727. The zero-order chi connectivity index (χ0) is 19.1. The van der Waals surface area contributed by atoms with Crippen LogP contribution in [0, 0.1) is 13.8 Å². The Morgan fingerprint density at radius 1 is 1.04 bits per heavy atom. The second-order valence-corrected chi connectivity index (χ2v) is 6.56. The van der Waals surface area contributed by atoms with Gasteiger partial charge in [0.25, 0.3) is 0 Å². The monoisotopic (exact) mass is 356 g/mol. The zero-order valence-corrected chi connectivity index (χ0v) is 16.2. The van der Waals surface area contributed by atoms with Crippen LogP contribution in [-0.2, 0) is 0 Å². The predicted molar refractivity (Wildman–Crippen MR) is 104 cm³/mol. The first-order chi connectivity index (χ1) is 12.4. The van der Waals surface area contributed by atoms with E-state index in [2.05, 4.69) is 31.3 Å². The van der Waals surface area contributed by atoms with Gasteiger partial charge in [-0.3, -0.25) is 0 Å². The molecule has 0 radical (unpaired) electrons. The van der Waals surface area contributed by atoms with E-state index in [0.717, 1.165) is 17.7 Å². The van der Waals surface area contributed by atoms with Crippen molar-refractivity contribution in [2.75, 3.05) is 27.7 Å². The summed E-state index contributed by atoms with van der Waals surface area (Å²) in [6, 6.07) is 13.9. The SMILES string of the molecule is CNC(CCOc1ccc(C)c(C)c1)c1ccc(OC(=O)N(C)C)cc1. The van der Waals surface area contributed by atoms with Crippen molar-refractivity contribution in [3.8, 4) is 11.5 Å². The first-order valence-electron chi connectivity index (χ1n) is 8.77. The van der Waals surface area contributed by atoms with Crippen LogP contribution in [0.3, 0.4) is 0 Å². The summed E-state index contributed by atoms with van der Waals surface area (Å²) in [5.41, 5.74) is 3.62. The van der Waals surface area contributed by atoms with Crippen molar-refractivity contribution in [2.24, 2.45) is 0 Å². The van der Waals surface area contributed by atoms with Gasteiger partial charge in [0.2, 0.25) is 0 Å². The van der Waals surface area contributed by atoms with E-state index >= 15 is 0 Å². The highest BCUT2D eigenvalue weighted by Crippen LogP contribution is 2.22. The standard InChI is InChI=1S/C21H28N2O3/c1-15-6-9-19(14-16(15)2)25-13-12-20(22-3)17-7-10-18(11-8-17)26-21(24)23(4)5/h6-11,14,20,22H,12-13H2,1-5H3. The molecule has 5 heteroatoms. The number of carbonyl (C=O) groups excluding carboxylic acids is 1. The molecule has 0 aromatic heterocycles. The summed E-state index contributed by atoms with van der Waals surface area (Å²) in [5, 5.41) is 3.31. The van der Waals surface area contributed by atoms with Gasteiger partial charge in [-0.2, -0.15) is 0 Å². The van der Waals surface area contributed by atoms with Gasteiger partial charge in [-0.15, -0.1) is 0 Å². The lowest BCUT2D eigenvalue weighted by atomic mass is 10.0. The lowest BCUT2D eigenvalue weighted by Gasteiger charge is -2.18. The molecule has 0 aliphatic heterocycles. The second kappa shape index (κ2) is 9.25. The van der Waals surface area contributed by atoms with Crippen LogP contribution in [0.1, 0.15) is 29.2 Å². The number of hydrogen-bond donors (Lipinski definition) is 1. The Morgan fingerprint density at radius 3 is 2.27 bits per heavy atom. The summed E-state index contributed by atoms with van der Waals surface area (Å²) in [7, 11) is 5.24. The minimum absolute atomic E-state index is 0.167. The molecule has 0 aliphatic carbocycles. The molecule has 0 aliphatic rings. The van der Waals surface area contributed by atoms with E-state index in [1.54, 1.807) is 14.1 Å². The molecule has 1 unspecified atom stereocenters. The van der Waals surface area contributed by atoms with Crippen LogP contribution < -0.4 is 14.8 Å². The molecular formula is C21H28N2O3. The smallest absolute Gasteiger partial charge is 0.414 e. The number of nitrogens with one attached hydrogen (secondary N) is 1. The maximum atomic E-state index is 11.6. The Kier molecular flexibility index (Phi) is 7.04. The van der Waals surface area contributed by atoms with Crippen LogP contribution in [0.2, 0.25) is 0 Å². The number of nitrogens with zero attached hydrogens (tertiary/aromatic N) is 1. The first kappa shape index (κ1) is 19.8. The van der Waals surface area contributed by atoms with Gasteiger partial charge in [-0.25, -0.2) is 4.79 Å². The summed E-state index contributed by atoms with van der Waals surface area (Å²) >= 11 is 0. The van der Waals surface area contributed by atoms with Crippen LogP contribution in [0.15, 0.2) is 42.5 Å². The van der Waals surface area contributed by atoms with Gasteiger partial charge in [-0.05, 0) is 61.9 Å². The molecule has 2 aromatic rings. The highest BCUT2D eigenvalue weighted by molar-refractivity contribution is 5.69. The molecule has 140 valence electrons. The van der Waals surface area contributed by atoms with Gasteiger partial charge in [0.05, 0.1) is 6.61 Å². The molecule has 5 nitrogen and oxygen atoms in total. The van der Waals surface area contributed by atoms with Crippen molar-refractivity contribution in [3.05, 3.63) is 59.2 Å². The molecule has 2 rings (SSSR count). The lowest BCUT2D eigenvalue weighted by molar-refractivity contribution is 0.172. The van der Waals surface area contributed by atoms with E-state index in [0.29, 0.717) is 12.4 Å². The van der Waals surface area contributed by atoms with E-state index in [4.69, 9.17) is 9.47 Å². The fourth-order valence-corrected chi connectivity index (χ4v) is 2.54. The molecule has 0 saturated heterocycles. The highest BCUT2D eigenvalue weighted by atomic mass is 16.6. The molecule has 2 aromatic carbocycles. The van der Waals surface area contributed by atoms with Gasteiger partial charge in [0.1, 0.15) is 11.5 Å². The molecule has 0 spiro atoms. The minimum atomic E-state index is -0.385. The van der Waals surface area contributed by atoms with Crippen molar-refractivity contribution >= 4 is 6.09 Å². The largest absolute Gasteiger partial charge is 0.494 e. The summed E-state index contributed by atoms with van der Waals surface area (Å²) in [5.74, 6) is 1.43. The van der Waals surface area contributed by atoms with Gasteiger partial charge < -0.3 is 19.7 Å². The molecule has 0 heterocycles. The average Bonchev–Trinajstić information content (AvgIpc) is 2.62. The Balaban J connectivity index is 1.91. The predicted octanol–water partition coefficient (Wildman–Crippen LogP) is 4.09. The highest BCUT2D eigenvalue weighted by Gasteiger charge is 2.11. The van der Waals surface area contributed by atoms with E-state index < -0.39 is 0 Å². The number of carbonyl (C=O) groups is 1. The zero-order valence-electron chi connectivity index (χ0n) is 16.2. The number of rotatable bonds is 7. The Morgan fingerprint density at radius 2 is 1.69 bits per heavy atom. The molecule has 1 amide bonds. The minimum Gasteiger partial charge on any atom is -0.494 e. The van der Waals surface area contributed by atoms with Crippen LogP contribution in [0.4, 0.5) is 4.79 Å². The number of amides is 1. The van der Waals surface area contributed by atoms with Crippen LogP contribution in [-0.4, -0.2) is 38.7 Å².